The number of aromatic nitrogens is 3. The first-order chi connectivity index (χ1) is 15.2. The van der Waals surface area contributed by atoms with Crippen LogP contribution in [-0.4, -0.2) is 21.6 Å². The summed E-state index contributed by atoms with van der Waals surface area (Å²) in [4.78, 5) is 23.4. The molecule has 0 fully saturated rings. The van der Waals surface area contributed by atoms with Gasteiger partial charge in [-0.15, -0.1) is 0 Å². The van der Waals surface area contributed by atoms with Crippen molar-refractivity contribution in [3.8, 4) is 11.4 Å². The topological polar surface area (TPSA) is 57.0 Å². The van der Waals surface area contributed by atoms with Crippen LogP contribution in [-0.2, 0) is 18.6 Å². The highest BCUT2D eigenvalue weighted by Gasteiger charge is 2.20. The average molecular weight is 430 g/mol. The van der Waals surface area contributed by atoms with Crippen LogP contribution in [0.15, 0.2) is 70.6 Å². The first-order valence-corrected chi connectivity index (χ1v) is 11.5. The van der Waals surface area contributed by atoms with Gasteiger partial charge in [-0.25, -0.2) is 9.97 Å². The number of nitrogens with zero attached hydrogens (tertiary/aromatic N) is 3. The minimum Gasteiger partial charge on any atom is -0.495 e. The van der Waals surface area contributed by atoms with Gasteiger partial charge in [0.2, 0.25) is 0 Å². The van der Waals surface area contributed by atoms with Gasteiger partial charge in [-0.05, 0) is 55.0 Å². The first kappa shape index (κ1) is 19.8. The second kappa shape index (κ2) is 8.55. The molecule has 0 aliphatic heterocycles. The Morgan fingerprint density at radius 2 is 1.77 bits per heavy atom. The van der Waals surface area contributed by atoms with E-state index in [-0.39, 0.29) is 5.56 Å². The lowest BCUT2D eigenvalue weighted by Gasteiger charge is -2.18. The molecule has 2 aromatic heterocycles. The zero-order valence-corrected chi connectivity index (χ0v) is 18.2. The zero-order chi connectivity index (χ0) is 21.2. The minimum absolute atomic E-state index is 0.106. The normalized spacial score (nSPS) is 13.2. The molecule has 2 aromatic carbocycles. The van der Waals surface area contributed by atoms with E-state index in [1.54, 1.807) is 11.7 Å². The summed E-state index contributed by atoms with van der Waals surface area (Å²) in [6, 6.07) is 19.8. The van der Waals surface area contributed by atoms with Crippen molar-refractivity contribution in [3.05, 3.63) is 87.8 Å². The van der Waals surface area contributed by atoms with Crippen LogP contribution in [0.2, 0.25) is 0 Å². The second-order valence-electron chi connectivity index (χ2n) is 7.65. The number of pyridine rings is 1. The van der Waals surface area contributed by atoms with Gasteiger partial charge in [0.05, 0.1) is 18.2 Å². The lowest BCUT2D eigenvalue weighted by molar-refractivity contribution is 0.411. The summed E-state index contributed by atoms with van der Waals surface area (Å²) >= 11 is 1.54. The average Bonchev–Trinajstić information content (AvgIpc) is 2.82. The molecule has 5 rings (SSSR count). The lowest BCUT2D eigenvalue weighted by atomic mass is 9.95. The van der Waals surface area contributed by atoms with Crippen LogP contribution in [0, 0.1) is 0 Å². The predicted octanol–water partition coefficient (Wildman–Crippen LogP) is 4.96. The third kappa shape index (κ3) is 3.83. The van der Waals surface area contributed by atoms with E-state index < -0.39 is 0 Å². The summed E-state index contributed by atoms with van der Waals surface area (Å²) in [7, 11) is 1.62. The van der Waals surface area contributed by atoms with Gasteiger partial charge in [0.15, 0.2) is 10.8 Å². The van der Waals surface area contributed by atoms with Gasteiger partial charge >= 0.3 is 0 Å². The SMILES string of the molecule is COc1ccccc1-n1c(SCc2ccccc2)nc2nc3c(cc2c1=O)CCCC3. The largest absolute Gasteiger partial charge is 0.495 e. The maximum Gasteiger partial charge on any atom is 0.268 e. The van der Waals surface area contributed by atoms with Gasteiger partial charge < -0.3 is 4.74 Å². The molecule has 0 spiro atoms. The number of methoxy groups -OCH3 is 1. The van der Waals surface area contributed by atoms with Crippen LogP contribution in [0.3, 0.4) is 0 Å². The summed E-state index contributed by atoms with van der Waals surface area (Å²) in [5, 5.41) is 1.18. The lowest BCUT2D eigenvalue weighted by Crippen LogP contribution is -2.23. The second-order valence-corrected chi connectivity index (χ2v) is 8.60. The summed E-state index contributed by atoms with van der Waals surface area (Å²) in [5.74, 6) is 1.34. The van der Waals surface area contributed by atoms with E-state index in [4.69, 9.17) is 14.7 Å². The van der Waals surface area contributed by atoms with Crippen LogP contribution < -0.4 is 10.3 Å². The number of aryl methyl sites for hydroxylation is 2. The molecule has 6 heteroatoms. The standard InChI is InChI=1S/C25H23N3O2S/c1-30-22-14-8-7-13-21(22)28-24(29)19-15-18-11-5-6-12-20(18)26-23(19)27-25(28)31-16-17-9-3-2-4-10-17/h2-4,7-10,13-15H,5-6,11-12,16H2,1H3. The molecule has 1 aliphatic carbocycles. The summed E-state index contributed by atoms with van der Waals surface area (Å²) < 4.78 is 7.24. The summed E-state index contributed by atoms with van der Waals surface area (Å²) in [6.07, 6.45) is 4.20. The quantitative estimate of drug-likeness (QED) is 0.331. The number of rotatable bonds is 5. The molecule has 5 nitrogen and oxygen atoms in total. The number of benzene rings is 2. The smallest absolute Gasteiger partial charge is 0.268 e. The highest BCUT2D eigenvalue weighted by Crippen LogP contribution is 2.29. The number of hydrogen-bond donors (Lipinski definition) is 0. The molecule has 0 N–H and O–H groups in total. The van der Waals surface area contributed by atoms with Crippen LogP contribution in [0.1, 0.15) is 29.7 Å². The van der Waals surface area contributed by atoms with Gasteiger partial charge in [-0.3, -0.25) is 9.36 Å². The molecule has 0 atom stereocenters. The molecule has 31 heavy (non-hydrogen) atoms. The van der Waals surface area contributed by atoms with Crippen molar-refractivity contribution in [2.45, 2.75) is 36.6 Å². The molecular formula is C25H23N3O2S. The third-order valence-corrected chi connectivity index (χ3v) is 6.65. The van der Waals surface area contributed by atoms with Crippen molar-refractivity contribution in [3.63, 3.8) is 0 Å². The predicted molar refractivity (Wildman–Crippen MR) is 124 cm³/mol. The van der Waals surface area contributed by atoms with Gasteiger partial charge in [0.1, 0.15) is 5.75 Å². The molecule has 4 aromatic rings. The van der Waals surface area contributed by atoms with Crippen LogP contribution in [0.25, 0.3) is 16.7 Å². The molecule has 0 amide bonds. The Bertz CT molecular complexity index is 1300. The molecule has 2 heterocycles. The fourth-order valence-electron chi connectivity index (χ4n) is 4.06. The molecule has 0 saturated heterocycles. The first-order valence-electron chi connectivity index (χ1n) is 10.5. The van der Waals surface area contributed by atoms with Gasteiger partial charge in [-0.2, -0.15) is 0 Å². The van der Waals surface area contributed by atoms with Crippen molar-refractivity contribution in [2.24, 2.45) is 0 Å². The van der Waals surface area contributed by atoms with E-state index in [0.29, 0.717) is 33.4 Å². The van der Waals surface area contributed by atoms with Crippen LogP contribution >= 0.6 is 11.8 Å². The molecule has 1 aliphatic rings. The summed E-state index contributed by atoms with van der Waals surface area (Å²) in [6.45, 7) is 0. The van der Waals surface area contributed by atoms with Crippen molar-refractivity contribution in [1.29, 1.82) is 0 Å². The van der Waals surface area contributed by atoms with E-state index in [2.05, 4.69) is 12.1 Å². The maximum absolute atomic E-state index is 13.7. The maximum atomic E-state index is 13.7. The van der Waals surface area contributed by atoms with Crippen LogP contribution in [0.5, 0.6) is 5.75 Å². The van der Waals surface area contributed by atoms with E-state index in [9.17, 15) is 4.79 Å². The fraction of sp³-hybridized carbons (Fsp3) is 0.240. The van der Waals surface area contributed by atoms with Gasteiger partial charge in [0.25, 0.3) is 5.56 Å². The van der Waals surface area contributed by atoms with Crippen molar-refractivity contribution in [2.75, 3.05) is 7.11 Å². The highest BCUT2D eigenvalue weighted by atomic mass is 32.2. The van der Waals surface area contributed by atoms with E-state index in [1.807, 2.05) is 48.5 Å². The van der Waals surface area contributed by atoms with E-state index >= 15 is 0 Å². The molecule has 0 radical (unpaired) electrons. The Balaban J connectivity index is 1.70. The third-order valence-electron chi connectivity index (χ3n) is 5.64. The Morgan fingerprint density at radius 3 is 2.61 bits per heavy atom. The molecule has 0 saturated carbocycles. The van der Waals surface area contributed by atoms with Gasteiger partial charge in [-0.1, -0.05) is 54.2 Å². The molecular weight excluding hydrogens is 406 g/mol. The van der Waals surface area contributed by atoms with Crippen molar-refractivity contribution in [1.82, 2.24) is 14.5 Å². The number of thioether (sulfide) groups is 1. The van der Waals surface area contributed by atoms with E-state index in [1.165, 1.54) is 22.9 Å². The highest BCUT2D eigenvalue weighted by molar-refractivity contribution is 7.98. The zero-order valence-electron chi connectivity index (χ0n) is 17.4. The Kier molecular flexibility index (Phi) is 5.47. The fourth-order valence-corrected chi connectivity index (χ4v) is 5.01. The number of hydrogen-bond acceptors (Lipinski definition) is 5. The minimum atomic E-state index is -0.106. The van der Waals surface area contributed by atoms with Crippen LogP contribution in [0.4, 0.5) is 0 Å². The van der Waals surface area contributed by atoms with Crippen molar-refractivity contribution >= 4 is 22.8 Å². The molecule has 156 valence electrons. The number of para-hydroxylation sites is 2. The Hall–Kier alpha value is -3.12. The Labute approximate surface area is 185 Å². The summed E-state index contributed by atoms with van der Waals surface area (Å²) in [5.41, 5.74) is 4.55. The monoisotopic (exact) mass is 429 g/mol. The Morgan fingerprint density at radius 1 is 1.00 bits per heavy atom. The number of fused-ring (bicyclic) bond motifs is 2. The number of ether oxygens (including phenoxy) is 1. The van der Waals surface area contributed by atoms with E-state index in [0.717, 1.165) is 31.4 Å². The molecule has 0 unspecified atom stereocenters. The van der Waals surface area contributed by atoms with Crippen molar-refractivity contribution < 1.29 is 4.74 Å². The molecule has 0 bridgehead atoms. The van der Waals surface area contributed by atoms with Gasteiger partial charge in [0, 0.05) is 11.4 Å².